The fourth-order valence-electron chi connectivity index (χ4n) is 2.44. The molecule has 1 aromatic heterocycles. The summed E-state index contributed by atoms with van der Waals surface area (Å²) >= 11 is 0. The number of carbonyl (C=O) groups excluding carboxylic acids is 1. The van der Waals surface area contributed by atoms with Gasteiger partial charge in [0, 0.05) is 24.4 Å². The van der Waals surface area contributed by atoms with Crippen LogP contribution in [0.1, 0.15) is 26.3 Å². The van der Waals surface area contributed by atoms with Gasteiger partial charge in [-0.1, -0.05) is 31.6 Å². The number of esters is 1. The zero-order valence-corrected chi connectivity index (χ0v) is 15.4. The van der Waals surface area contributed by atoms with Gasteiger partial charge >= 0.3 is 5.97 Å². The summed E-state index contributed by atoms with van der Waals surface area (Å²) in [5, 5.41) is 0. The first kappa shape index (κ1) is 18.8. The molecule has 25 heavy (non-hydrogen) atoms. The van der Waals surface area contributed by atoms with Crippen molar-refractivity contribution < 1.29 is 14.3 Å². The second-order valence-electron chi connectivity index (χ2n) is 6.28. The molecule has 0 aliphatic heterocycles. The molecule has 2 rings (SSSR count). The van der Waals surface area contributed by atoms with Gasteiger partial charge in [-0.2, -0.15) is 0 Å². The van der Waals surface area contributed by atoms with Crippen molar-refractivity contribution in [2.45, 2.75) is 33.7 Å². The Hall–Kier alpha value is -2.56. The summed E-state index contributed by atoms with van der Waals surface area (Å²) < 4.78 is 12.6. The molecule has 0 unspecified atom stereocenters. The molecule has 5 heteroatoms. The van der Waals surface area contributed by atoms with Crippen LogP contribution in [0.15, 0.2) is 54.1 Å². The van der Waals surface area contributed by atoms with E-state index in [-0.39, 0.29) is 5.97 Å². The number of hydrogen-bond donors (Lipinski definition) is 0. The van der Waals surface area contributed by atoms with Gasteiger partial charge in [-0.25, -0.2) is 9.78 Å². The van der Waals surface area contributed by atoms with Crippen LogP contribution < -0.4 is 4.74 Å². The largest absolute Gasteiger partial charge is 0.492 e. The van der Waals surface area contributed by atoms with E-state index in [1.165, 1.54) is 7.11 Å². The summed E-state index contributed by atoms with van der Waals surface area (Å²) in [6.07, 6.45) is 5.99. The number of allylic oxidation sites excluding steroid dienone is 1. The highest BCUT2D eigenvalue weighted by Gasteiger charge is 2.16. The monoisotopic (exact) mass is 342 g/mol. The van der Waals surface area contributed by atoms with Crippen LogP contribution in [0.2, 0.25) is 0 Å². The van der Waals surface area contributed by atoms with Crippen LogP contribution in [0.3, 0.4) is 0 Å². The number of imidazole rings is 1. The molecule has 0 saturated heterocycles. The van der Waals surface area contributed by atoms with E-state index in [0.29, 0.717) is 18.9 Å². The van der Waals surface area contributed by atoms with Crippen LogP contribution in [0.4, 0.5) is 0 Å². The van der Waals surface area contributed by atoms with Crippen LogP contribution in [-0.4, -0.2) is 29.2 Å². The Morgan fingerprint density at radius 1 is 1.24 bits per heavy atom. The molecule has 0 N–H and O–H groups in total. The summed E-state index contributed by atoms with van der Waals surface area (Å²) in [5.41, 5.74) is 2.85. The minimum absolute atomic E-state index is 0.258. The molecule has 1 heterocycles. The molecule has 1 aromatic carbocycles. The van der Waals surface area contributed by atoms with Crippen molar-refractivity contribution in [1.29, 1.82) is 0 Å². The quantitative estimate of drug-likeness (QED) is 0.543. The van der Waals surface area contributed by atoms with Gasteiger partial charge in [0.2, 0.25) is 0 Å². The number of carbonyl (C=O) groups is 1. The van der Waals surface area contributed by atoms with Crippen molar-refractivity contribution in [3.63, 3.8) is 0 Å². The first-order valence-corrected chi connectivity index (χ1v) is 8.46. The van der Waals surface area contributed by atoms with Crippen LogP contribution in [0, 0.1) is 5.92 Å². The molecule has 0 radical (unpaired) electrons. The second-order valence-corrected chi connectivity index (χ2v) is 6.28. The molecular weight excluding hydrogens is 316 g/mol. The fourth-order valence-corrected chi connectivity index (χ4v) is 2.44. The Kier molecular flexibility index (Phi) is 6.81. The average Bonchev–Trinajstić information content (AvgIpc) is 3.13. The van der Waals surface area contributed by atoms with E-state index in [1.807, 2.05) is 42.0 Å². The molecular formula is C20H26N2O3. The third-order valence-electron chi connectivity index (χ3n) is 4.26. The zero-order chi connectivity index (χ0) is 18.2. The van der Waals surface area contributed by atoms with E-state index in [1.54, 1.807) is 12.5 Å². The number of hydrogen-bond acceptors (Lipinski definition) is 4. The summed E-state index contributed by atoms with van der Waals surface area (Å²) in [5.74, 6) is 0.861. The number of nitrogens with zero attached hydrogens (tertiary/aromatic N) is 2. The van der Waals surface area contributed by atoms with Crippen LogP contribution in [0.25, 0.3) is 0 Å². The molecule has 2 aromatic rings. The minimum Gasteiger partial charge on any atom is -0.492 e. The van der Waals surface area contributed by atoms with Crippen LogP contribution in [0.5, 0.6) is 5.75 Å². The smallest absolute Gasteiger partial charge is 0.334 e. The summed E-state index contributed by atoms with van der Waals surface area (Å²) in [4.78, 5) is 16.1. The SMILES string of the molecule is COC(=O)/C(Cc1ccc(OCCn2ccnc2)cc1)=C(\C)C(C)C. The predicted octanol–water partition coefficient (Wildman–Crippen LogP) is 3.65. The Morgan fingerprint density at radius 3 is 2.52 bits per heavy atom. The van der Waals surface area contributed by atoms with Crippen molar-refractivity contribution >= 4 is 5.97 Å². The Morgan fingerprint density at radius 2 is 1.96 bits per heavy atom. The first-order chi connectivity index (χ1) is 12.0. The van der Waals surface area contributed by atoms with E-state index < -0.39 is 0 Å². The number of ether oxygens (including phenoxy) is 2. The lowest BCUT2D eigenvalue weighted by Crippen LogP contribution is -2.12. The van der Waals surface area contributed by atoms with Crippen LogP contribution in [-0.2, 0) is 22.5 Å². The third kappa shape index (κ3) is 5.48. The zero-order valence-electron chi connectivity index (χ0n) is 15.4. The van der Waals surface area contributed by atoms with Gasteiger partial charge in [0.15, 0.2) is 0 Å². The minimum atomic E-state index is -0.258. The second kappa shape index (κ2) is 9.06. The molecule has 0 atom stereocenters. The summed E-state index contributed by atoms with van der Waals surface area (Å²) in [6, 6.07) is 7.85. The molecule has 0 spiro atoms. The van der Waals surface area contributed by atoms with Gasteiger partial charge in [0.1, 0.15) is 12.4 Å². The summed E-state index contributed by atoms with van der Waals surface area (Å²) in [6.45, 7) is 7.48. The number of benzene rings is 1. The van der Waals surface area contributed by atoms with Crippen molar-refractivity contribution in [1.82, 2.24) is 9.55 Å². The van der Waals surface area contributed by atoms with E-state index in [0.717, 1.165) is 29.0 Å². The standard InChI is InChI=1S/C20H26N2O3/c1-15(2)16(3)19(20(23)24-4)13-17-5-7-18(8-6-17)25-12-11-22-10-9-21-14-22/h5-10,14-15H,11-13H2,1-4H3/b19-16+. The maximum atomic E-state index is 12.1. The number of aromatic nitrogens is 2. The van der Waals surface area contributed by atoms with Crippen molar-refractivity contribution in [2.24, 2.45) is 5.92 Å². The normalized spacial score (nSPS) is 12.0. The summed E-state index contributed by atoms with van der Waals surface area (Å²) in [7, 11) is 1.42. The third-order valence-corrected chi connectivity index (χ3v) is 4.26. The van der Waals surface area contributed by atoms with Crippen LogP contribution >= 0.6 is 0 Å². The van der Waals surface area contributed by atoms with E-state index in [2.05, 4.69) is 18.8 Å². The first-order valence-electron chi connectivity index (χ1n) is 8.46. The molecule has 5 nitrogen and oxygen atoms in total. The Balaban J connectivity index is 1.98. The van der Waals surface area contributed by atoms with Crippen molar-refractivity contribution in [3.8, 4) is 5.75 Å². The maximum absolute atomic E-state index is 12.1. The van der Waals surface area contributed by atoms with Crippen molar-refractivity contribution in [3.05, 3.63) is 59.7 Å². The Bertz CT molecular complexity index is 701. The molecule has 0 aliphatic carbocycles. The van der Waals surface area contributed by atoms with Gasteiger partial charge < -0.3 is 14.0 Å². The lowest BCUT2D eigenvalue weighted by molar-refractivity contribution is -0.136. The molecule has 0 fully saturated rings. The molecule has 134 valence electrons. The lowest BCUT2D eigenvalue weighted by atomic mass is 9.94. The van der Waals surface area contributed by atoms with E-state index in [9.17, 15) is 4.79 Å². The van der Waals surface area contributed by atoms with Gasteiger partial charge in [0.25, 0.3) is 0 Å². The van der Waals surface area contributed by atoms with E-state index >= 15 is 0 Å². The average molecular weight is 342 g/mol. The highest BCUT2D eigenvalue weighted by Crippen LogP contribution is 2.21. The van der Waals surface area contributed by atoms with Gasteiger partial charge in [-0.15, -0.1) is 0 Å². The Labute approximate surface area is 149 Å². The van der Waals surface area contributed by atoms with Gasteiger partial charge in [0.05, 0.1) is 20.0 Å². The molecule has 0 saturated carbocycles. The van der Waals surface area contributed by atoms with Gasteiger partial charge in [-0.3, -0.25) is 0 Å². The molecule has 0 bridgehead atoms. The number of methoxy groups -OCH3 is 1. The lowest BCUT2D eigenvalue weighted by Gasteiger charge is -2.14. The highest BCUT2D eigenvalue weighted by molar-refractivity contribution is 5.89. The van der Waals surface area contributed by atoms with E-state index in [4.69, 9.17) is 9.47 Å². The highest BCUT2D eigenvalue weighted by atomic mass is 16.5. The topological polar surface area (TPSA) is 53.4 Å². The van der Waals surface area contributed by atoms with Crippen molar-refractivity contribution in [2.75, 3.05) is 13.7 Å². The fraction of sp³-hybridized carbons (Fsp3) is 0.400. The van der Waals surface area contributed by atoms with Gasteiger partial charge in [-0.05, 0) is 30.5 Å². The maximum Gasteiger partial charge on any atom is 0.334 e. The molecule has 0 amide bonds. The predicted molar refractivity (Wildman–Crippen MR) is 97.4 cm³/mol. The molecule has 0 aliphatic rings. The number of rotatable bonds is 8.